The Bertz CT molecular complexity index is 650. The van der Waals surface area contributed by atoms with Gasteiger partial charge >= 0.3 is 5.69 Å². The maximum atomic E-state index is 11.2. The average molecular weight is 193 g/mol. The number of aromatic amines is 1. The van der Waals surface area contributed by atoms with Crippen molar-refractivity contribution < 1.29 is 0 Å². The van der Waals surface area contributed by atoms with Crippen LogP contribution in [0.2, 0.25) is 0 Å². The summed E-state index contributed by atoms with van der Waals surface area (Å²) in [6.45, 7) is 0. The van der Waals surface area contributed by atoms with Crippen molar-refractivity contribution in [2.45, 2.75) is 0 Å². The molecule has 0 aliphatic carbocycles. The second-order valence-corrected chi connectivity index (χ2v) is 2.65. The van der Waals surface area contributed by atoms with E-state index in [4.69, 9.17) is 17.6 Å². The Labute approximate surface area is 76.1 Å². The first-order chi connectivity index (χ1) is 6.22. The Hall–Kier alpha value is -1.85. The van der Waals surface area contributed by atoms with E-state index in [2.05, 4.69) is 20.9 Å². The first kappa shape index (κ1) is 7.78. The van der Waals surface area contributed by atoms with Crippen molar-refractivity contribution in [1.29, 1.82) is 5.41 Å². The predicted octanol–water partition coefficient (Wildman–Crippen LogP) is -1.21. The monoisotopic (exact) mass is 193 g/mol. The van der Waals surface area contributed by atoms with Crippen LogP contribution in [0.25, 0.3) is 5.65 Å². The third-order valence-corrected chi connectivity index (χ3v) is 1.69. The molecule has 2 N–H and O–H groups in total. The fourth-order valence-corrected chi connectivity index (χ4v) is 1.13. The smallest absolute Gasteiger partial charge is 0.281 e. The summed E-state index contributed by atoms with van der Waals surface area (Å²) < 4.78 is 1.11. The molecule has 0 fully saturated rings. The highest BCUT2D eigenvalue weighted by atomic mass is 32.1. The molecule has 0 amide bonds. The molecule has 0 radical (unpaired) electrons. The van der Waals surface area contributed by atoms with E-state index < -0.39 is 5.69 Å². The number of hydrogen-bond acceptors (Lipinski definition) is 5. The van der Waals surface area contributed by atoms with Crippen molar-refractivity contribution in [2.75, 3.05) is 0 Å². The van der Waals surface area contributed by atoms with Crippen molar-refractivity contribution >= 4 is 23.7 Å². The lowest BCUT2D eigenvalue weighted by molar-refractivity contribution is 0.833. The van der Waals surface area contributed by atoms with Gasteiger partial charge in [0.25, 0.3) is 0 Å². The van der Waals surface area contributed by atoms with Crippen LogP contribution in [0.15, 0.2) is 11.0 Å². The van der Waals surface area contributed by atoms with Crippen molar-refractivity contribution in [3.8, 4) is 0 Å². The Morgan fingerprint density at radius 2 is 2.46 bits per heavy atom. The lowest BCUT2D eigenvalue weighted by atomic mass is 10.5. The maximum Gasteiger partial charge on any atom is 0.350 e. The Balaban J connectivity index is 3.26. The summed E-state index contributed by atoms with van der Waals surface area (Å²) in [6.07, 6.45) is 1.33. The van der Waals surface area contributed by atoms with Crippen LogP contribution in [0.4, 0.5) is 0 Å². The standard InChI is InChI=1S/C6H3N5OS/c7-1-3-2-8-11-4(3)9-5(13)10-6(11)12/h2,7H,(H,10,12,13). The first-order valence-corrected chi connectivity index (χ1v) is 3.71. The van der Waals surface area contributed by atoms with Gasteiger partial charge < -0.3 is 0 Å². The molecule has 0 saturated heterocycles. The van der Waals surface area contributed by atoms with E-state index in [1.165, 1.54) is 6.20 Å². The fourth-order valence-electron chi connectivity index (χ4n) is 0.955. The second-order valence-electron chi connectivity index (χ2n) is 2.27. The molecule has 2 rings (SSSR count). The van der Waals surface area contributed by atoms with Crippen molar-refractivity contribution in [1.82, 2.24) is 19.6 Å². The predicted molar refractivity (Wildman–Crippen MR) is 46.5 cm³/mol. The molecule has 2 aromatic heterocycles. The van der Waals surface area contributed by atoms with E-state index in [-0.39, 0.29) is 10.4 Å². The molecular weight excluding hydrogens is 190 g/mol. The van der Waals surface area contributed by atoms with Gasteiger partial charge in [-0.25, -0.2) is 4.79 Å². The summed E-state index contributed by atoms with van der Waals surface area (Å²) >= 11 is 4.70. The van der Waals surface area contributed by atoms with Gasteiger partial charge in [-0.15, -0.1) is 0 Å². The third-order valence-electron chi connectivity index (χ3n) is 1.49. The molecule has 0 unspecified atom stereocenters. The van der Waals surface area contributed by atoms with Gasteiger partial charge in [0.05, 0.1) is 6.20 Å². The molecule has 0 aliphatic rings. The number of aromatic nitrogens is 4. The number of hydrogen-bond donors (Lipinski definition) is 2. The number of H-pyrrole nitrogens is 1. The Morgan fingerprint density at radius 1 is 1.69 bits per heavy atom. The minimum atomic E-state index is -0.462. The first-order valence-electron chi connectivity index (χ1n) is 3.30. The van der Waals surface area contributed by atoms with Crippen LogP contribution in [-0.4, -0.2) is 25.5 Å². The van der Waals surface area contributed by atoms with Gasteiger partial charge in [0.15, 0.2) is 5.65 Å². The lowest BCUT2D eigenvalue weighted by Gasteiger charge is -1.87. The van der Waals surface area contributed by atoms with Crippen LogP contribution >= 0.6 is 12.2 Å². The van der Waals surface area contributed by atoms with Crippen LogP contribution in [0.5, 0.6) is 0 Å². The van der Waals surface area contributed by atoms with Crippen LogP contribution in [0.1, 0.15) is 0 Å². The normalized spacial score (nSPS) is 10.2. The van der Waals surface area contributed by atoms with Crippen LogP contribution in [-0.2, 0) is 0 Å². The number of nitrogens with one attached hydrogen (secondary N) is 2. The zero-order valence-corrected chi connectivity index (χ0v) is 7.05. The van der Waals surface area contributed by atoms with Crippen LogP contribution in [0, 0.1) is 10.2 Å². The zero-order valence-electron chi connectivity index (χ0n) is 6.24. The van der Waals surface area contributed by atoms with Gasteiger partial charge in [-0.1, -0.05) is 0 Å². The number of nitrogens with zero attached hydrogens (tertiary/aromatic N) is 3. The summed E-state index contributed by atoms with van der Waals surface area (Å²) in [6, 6.07) is 0. The average Bonchev–Trinajstić information content (AvgIpc) is 2.47. The van der Waals surface area contributed by atoms with E-state index in [1.807, 2.05) is 0 Å². The zero-order chi connectivity index (χ0) is 9.42. The SMILES string of the molecule is N=C=c1cnn2c(=O)[nH]c(=S)nc12. The van der Waals surface area contributed by atoms with Gasteiger partial charge in [0, 0.05) is 0 Å². The number of fused-ring (bicyclic) bond motifs is 1. The summed E-state index contributed by atoms with van der Waals surface area (Å²) in [5, 5.41) is 11.0. The van der Waals surface area contributed by atoms with E-state index in [0.717, 1.165) is 4.52 Å². The fraction of sp³-hybridized carbons (Fsp3) is 0. The summed E-state index contributed by atoms with van der Waals surface area (Å²) in [5.41, 5.74) is -0.208. The summed E-state index contributed by atoms with van der Waals surface area (Å²) in [5.74, 6) is 2.11. The highest BCUT2D eigenvalue weighted by Crippen LogP contribution is 1.81. The molecule has 6 nitrogen and oxygen atoms in total. The molecule has 0 saturated carbocycles. The van der Waals surface area contributed by atoms with Crippen LogP contribution in [0.3, 0.4) is 0 Å². The van der Waals surface area contributed by atoms with Gasteiger partial charge in [0.1, 0.15) is 5.22 Å². The molecule has 0 bridgehead atoms. The molecule has 0 atom stereocenters. The minimum absolute atomic E-state index is 0.0782. The minimum Gasteiger partial charge on any atom is -0.281 e. The molecule has 64 valence electrons. The molecule has 0 aromatic carbocycles. The quantitative estimate of drug-likeness (QED) is 0.406. The van der Waals surface area contributed by atoms with Gasteiger partial charge in [-0.2, -0.15) is 14.6 Å². The topological polar surface area (TPSA) is 86.9 Å². The van der Waals surface area contributed by atoms with Crippen molar-refractivity contribution in [2.24, 2.45) is 0 Å². The van der Waals surface area contributed by atoms with E-state index in [1.54, 1.807) is 0 Å². The molecule has 0 spiro atoms. The molecule has 7 heteroatoms. The lowest BCUT2D eigenvalue weighted by Crippen LogP contribution is -2.20. The Morgan fingerprint density at radius 3 is 3.15 bits per heavy atom. The van der Waals surface area contributed by atoms with Gasteiger partial charge in [-0.05, 0) is 18.1 Å². The van der Waals surface area contributed by atoms with Crippen LogP contribution < -0.4 is 10.9 Å². The molecule has 0 aliphatic heterocycles. The van der Waals surface area contributed by atoms with Gasteiger partial charge in [-0.3, -0.25) is 10.4 Å². The third kappa shape index (κ3) is 1.07. The summed E-state index contributed by atoms with van der Waals surface area (Å²) in [4.78, 5) is 17.3. The molecule has 13 heavy (non-hydrogen) atoms. The largest absolute Gasteiger partial charge is 0.350 e. The van der Waals surface area contributed by atoms with E-state index in [9.17, 15) is 4.79 Å². The number of rotatable bonds is 0. The second kappa shape index (κ2) is 2.58. The highest BCUT2D eigenvalue weighted by molar-refractivity contribution is 7.71. The highest BCUT2D eigenvalue weighted by Gasteiger charge is 2.01. The summed E-state index contributed by atoms with van der Waals surface area (Å²) in [7, 11) is 0. The van der Waals surface area contributed by atoms with E-state index in [0.29, 0.717) is 5.22 Å². The maximum absolute atomic E-state index is 11.2. The Kier molecular flexibility index (Phi) is 1.54. The van der Waals surface area contributed by atoms with Crippen molar-refractivity contribution in [3.63, 3.8) is 0 Å². The molecular formula is C6H3N5OS. The molecule has 2 aromatic rings. The molecule has 2 heterocycles. The van der Waals surface area contributed by atoms with Gasteiger partial charge in [0.2, 0.25) is 4.77 Å². The van der Waals surface area contributed by atoms with Crippen molar-refractivity contribution in [3.05, 3.63) is 26.7 Å². The van der Waals surface area contributed by atoms with E-state index >= 15 is 0 Å².